The van der Waals surface area contributed by atoms with Gasteiger partial charge in [-0.15, -0.1) is 0 Å². The smallest absolute Gasteiger partial charge is 0.238 e. The summed E-state index contributed by atoms with van der Waals surface area (Å²) in [6.45, 7) is 0. The van der Waals surface area contributed by atoms with Crippen LogP contribution < -0.4 is 0 Å². The predicted molar refractivity (Wildman–Crippen MR) is 307 cm³/mol. The molecule has 0 bridgehead atoms. The molecule has 0 saturated heterocycles. The number of hydrogen-bond acceptors (Lipinski definition) is 3. The Morgan fingerprint density at radius 1 is 0.230 bits per heavy atom. The number of benzene rings is 11. The van der Waals surface area contributed by atoms with Gasteiger partial charge in [-0.05, 0) is 86.0 Å². The summed E-state index contributed by atoms with van der Waals surface area (Å²) in [7, 11) is 0. The monoisotopic (exact) mass is 943 g/mol. The Labute approximate surface area is 428 Å². The van der Waals surface area contributed by atoms with E-state index in [-0.39, 0.29) is 0 Å². The molecular formula is C69H45N5. The fourth-order valence-electron chi connectivity index (χ4n) is 11.0. The van der Waals surface area contributed by atoms with Crippen molar-refractivity contribution < 1.29 is 0 Å². The van der Waals surface area contributed by atoms with Crippen molar-refractivity contribution >= 4 is 43.6 Å². The zero-order valence-corrected chi connectivity index (χ0v) is 40.2. The minimum Gasteiger partial charge on any atom is -0.307 e. The summed E-state index contributed by atoms with van der Waals surface area (Å²) in [6, 6.07) is 97.3. The summed E-state index contributed by atoms with van der Waals surface area (Å²) < 4.78 is 4.75. The maximum absolute atomic E-state index is 5.52. The van der Waals surface area contributed by atoms with Crippen LogP contribution in [-0.2, 0) is 0 Å². The number of para-hydroxylation sites is 2. The molecule has 5 heteroatoms. The van der Waals surface area contributed by atoms with Crippen molar-refractivity contribution in [2.45, 2.75) is 0 Å². The summed E-state index contributed by atoms with van der Waals surface area (Å²) in [5.74, 6) is 1.74. The Balaban J connectivity index is 1.05. The number of hydrogen-bond donors (Lipinski definition) is 0. The van der Waals surface area contributed by atoms with Crippen LogP contribution in [0.15, 0.2) is 273 Å². The standard InChI is InChI=1S/C69H45N5/c1-5-21-46(22-6-1)48-37-39-50(40-38-48)55-29-13-14-31-57(55)53-43-52(47-23-7-2-8-24-47)44-54(45-53)73-63-35-19-17-32-58(63)60-41-42-61-59-33-18-20-36-64(59)74(66(61)65(60)73)69-71-67(51-27-11-4-12-28-51)70-68(72-69)62-34-16-15-30-56(62)49-25-9-3-10-26-49/h1-45H. The van der Waals surface area contributed by atoms with Crippen LogP contribution >= 0.6 is 0 Å². The zero-order valence-electron chi connectivity index (χ0n) is 40.2. The summed E-state index contributed by atoms with van der Waals surface area (Å²) in [5, 5.41) is 4.51. The van der Waals surface area contributed by atoms with Gasteiger partial charge >= 0.3 is 0 Å². The molecule has 0 atom stereocenters. The molecule has 14 rings (SSSR count). The van der Waals surface area contributed by atoms with Crippen LogP contribution in [0, 0.1) is 0 Å². The van der Waals surface area contributed by atoms with E-state index in [1.807, 2.05) is 24.3 Å². The first-order valence-corrected chi connectivity index (χ1v) is 25.1. The Morgan fingerprint density at radius 3 is 1.23 bits per heavy atom. The van der Waals surface area contributed by atoms with Gasteiger partial charge in [-0.1, -0.05) is 243 Å². The molecule has 0 spiro atoms. The molecule has 3 aromatic heterocycles. The Bertz CT molecular complexity index is 4390. The molecule has 74 heavy (non-hydrogen) atoms. The van der Waals surface area contributed by atoms with E-state index in [1.165, 1.54) is 16.7 Å². The highest BCUT2D eigenvalue weighted by molar-refractivity contribution is 6.23. The van der Waals surface area contributed by atoms with Crippen LogP contribution in [0.1, 0.15) is 0 Å². The van der Waals surface area contributed by atoms with Gasteiger partial charge in [0.05, 0.1) is 22.1 Å². The van der Waals surface area contributed by atoms with Gasteiger partial charge in [0.2, 0.25) is 5.95 Å². The number of fused-ring (bicyclic) bond motifs is 7. The lowest BCUT2D eigenvalue weighted by Crippen LogP contribution is -2.07. The third-order valence-corrected chi connectivity index (χ3v) is 14.4. The van der Waals surface area contributed by atoms with Gasteiger partial charge in [0.15, 0.2) is 11.6 Å². The summed E-state index contributed by atoms with van der Waals surface area (Å²) in [6.07, 6.45) is 0. The minimum atomic E-state index is 0.540. The lowest BCUT2D eigenvalue weighted by molar-refractivity contribution is 0.953. The summed E-state index contributed by atoms with van der Waals surface area (Å²) in [5.41, 5.74) is 18.5. The predicted octanol–water partition coefficient (Wildman–Crippen LogP) is 17.7. The molecule has 0 N–H and O–H groups in total. The van der Waals surface area contributed by atoms with E-state index in [0.717, 1.165) is 99.4 Å². The SMILES string of the molecule is c1ccc(-c2ccc(-c3ccccc3-c3cc(-c4ccccc4)cc(-n4c5ccccc5c5ccc6c7ccccc7n(-c7nc(-c8ccccc8)nc(-c8ccccc8-c8ccccc8)n7)c6c54)c3)cc2)cc1. The molecule has 11 aromatic carbocycles. The maximum Gasteiger partial charge on any atom is 0.238 e. The number of rotatable bonds is 9. The molecular weight excluding hydrogens is 899 g/mol. The van der Waals surface area contributed by atoms with Crippen molar-refractivity contribution in [2.24, 2.45) is 0 Å². The second kappa shape index (κ2) is 18.0. The van der Waals surface area contributed by atoms with Gasteiger partial charge in [-0.2, -0.15) is 9.97 Å². The van der Waals surface area contributed by atoms with E-state index >= 15 is 0 Å². The van der Waals surface area contributed by atoms with Crippen LogP contribution in [0.2, 0.25) is 0 Å². The first-order chi connectivity index (χ1) is 36.7. The van der Waals surface area contributed by atoms with E-state index in [1.54, 1.807) is 0 Å². The molecule has 14 aromatic rings. The van der Waals surface area contributed by atoms with Crippen LogP contribution in [0.25, 0.3) is 134 Å². The molecule has 0 aliphatic carbocycles. The molecule has 0 saturated carbocycles. The van der Waals surface area contributed by atoms with Crippen LogP contribution in [0.3, 0.4) is 0 Å². The fourth-order valence-corrected chi connectivity index (χ4v) is 11.0. The highest BCUT2D eigenvalue weighted by atomic mass is 15.2. The van der Waals surface area contributed by atoms with Crippen LogP contribution in [0.5, 0.6) is 0 Å². The van der Waals surface area contributed by atoms with Crippen molar-refractivity contribution in [3.05, 3.63) is 273 Å². The van der Waals surface area contributed by atoms with Crippen molar-refractivity contribution in [2.75, 3.05) is 0 Å². The molecule has 5 nitrogen and oxygen atoms in total. The Kier molecular flexibility index (Phi) is 10.4. The largest absolute Gasteiger partial charge is 0.307 e. The molecule has 0 aliphatic rings. The number of nitrogens with zero attached hydrogens (tertiary/aromatic N) is 5. The normalized spacial score (nSPS) is 11.5. The minimum absolute atomic E-state index is 0.540. The van der Waals surface area contributed by atoms with Crippen molar-refractivity contribution in [3.8, 4) is 90.0 Å². The molecule has 0 aliphatic heterocycles. The van der Waals surface area contributed by atoms with Crippen molar-refractivity contribution in [1.29, 1.82) is 0 Å². The average Bonchev–Trinajstić information content (AvgIpc) is 4.01. The van der Waals surface area contributed by atoms with Crippen molar-refractivity contribution in [3.63, 3.8) is 0 Å². The molecule has 0 amide bonds. The lowest BCUT2D eigenvalue weighted by atomic mass is 9.91. The topological polar surface area (TPSA) is 48.5 Å². The fraction of sp³-hybridized carbons (Fsp3) is 0. The lowest BCUT2D eigenvalue weighted by Gasteiger charge is -2.17. The van der Waals surface area contributed by atoms with Crippen molar-refractivity contribution in [1.82, 2.24) is 24.1 Å². The third-order valence-electron chi connectivity index (χ3n) is 14.4. The van der Waals surface area contributed by atoms with E-state index < -0.39 is 0 Å². The third kappa shape index (κ3) is 7.37. The van der Waals surface area contributed by atoms with E-state index in [2.05, 4.69) is 258 Å². The highest BCUT2D eigenvalue weighted by Crippen LogP contribution is 2.44. The second-order valence-electron chi connectivity index (χ2n) is 18.7. The van der Waals surface area contributed by atoms with E-state index in [9.17, 15) is 0 Å². The molecule has 3 heterocycles. The molecule has 0 unspecified atom stereocenters. The second-order valence-corrected chi connectivity index (χ2v) is 18.7. The van der Waals surface area contributed by atoms with Crippen LogP contribution in [0.4, 0.5) is 0 Å². The Hall–Kier alpha value is -9.97. The zero-order chi connectivity index (χ0) is 49.0. The van der Waals surface area contributed by atoms with Crippen LogP contribution in [-0.4, -0.2) is 24.1 Å². The maximum atomic E-state index is 5.52. The average molecular weight is 944 g/mol. The molecule has 0 fully saturated rings. The van der Waals surface area contributed by atoms with Gasteiger partial charge in [0.1, 0.15) is 0 Å². The van der Waals surface area contributed by atoms with Gasteiger partial charge in [0.25, 0.3) is 0 Å². The molecule has 0 radical (unpaired) electrons. The highest BCUT2D eigenvalue weighted by Gasteiger charge is 2.25. The van der Waals surface area contributed by atoms with Gasteiger partial charge in [-0.3, -0.25) is 4.57 Å². The van der Waals surface area contributed by atoms with Gasteiger partial charge in [0, 0.05) is 38.4 Å². The van der Waals surface area contributed by atoms with E-state index in [4.69, 9.17) is 15.0 Å². The van der Waals surface area contributed by atoms with Gasteiger partial charge in [-0.25, -0.2) is 4.98 Å². The van der Waals surface area contributed by atoms with Gasteiger partial charge < -0.3 is 4.57 Å². The summed E-state index contributed by atoms with van der Waals surface area (Å²) in [4.78, 5) is 16.2. The first kappa shape index (κ1) is 42.9. The number of aromatic nitrogens is 5. The first-order valence-electron chi connectivity index (χ1n) is 25.1. The van der Waals surface area contributed by atoms with E-state index in [0.29, 0.717) is 17.6 Å². The molecule has 346 valence electrons. The quantitative estimate of drug-likeness (QED) is 0.145. The Morgan fingerprint density at radius 2 is 0.622 bits per heavy atom. The summed E-state index contributed by atoms with van der Waals surface area (Å²) >= 11 is 0.